The fourth-order valence-electron chi connectivity index (χ4n) is 4.14. The Labute approximate surface area is 170 Å². The number of imidazole rings is 1. The third-order valence-corrected chi connectivity index (χ3v) is 5.80. The first-order valence-electron chi connectivity index (χ1n) is 9.93. The van der Waals surface area contributed by atoms with Gasteiger partial charge in [-0.15, -0.1) is 0 Å². The first-order chi connectivity index (χ1) is 13.8. The lowest BCUT2D eigenvalue weighted by Gasteiger charge is -2.30. The van der Waals surface area contributed by atoms with E-state index in [0.717, 1.165) is 40.0 Å². The number of aliphatic hydroxyl groups excluding tert-OH is 1. The minimum Gasteiger partial charge on any atom is -0.483 e. The number of amides is 1. The number of fused-ring (bicyclic) bond motifs is 3. The minimum atomic E-state index is -0.574. The second-order valence-corrected chi connectivity index (χ2v) is 7.97. The molecule has 6 nitrogen and oxygen atoms in total. The highest BCUT2D eigenvalue weighted by Gasteiger charge is 2.31. The van der Waals surface area contributed by atoms with Crippen LogP contribution in [0.25, 0.3) is 11.0 Å². The number of aliphatic hydroxyl groups is 1. The fraction of sp³-hybridized carbons (Fsp3) is 0.391. The zero-order valence-electron chi connectivity index (χ0n) is 17.6. The number of ether oxygens (including phenoxy) is 1. The van der Waals surface area contributed by atoms with Crippen molar-refractivity contribution in [2.24, 2.45) is 7.05 Å². The topological polar surface area (TPSA) is 67.6 Å². The quantitative estimate of drug-likeness (QED) is 0.737. The van der Waals surface area contributed by atoms with Crippen LogP contribution in [0.5, 0.6) is 5.75 Å². The van der Waals surface area contributed by atoms with Gasteiger partial charge in [0.15, 0.2) is 5.75 Å². The van der Waals surface area contributed by atoms with Crippen molar-refractivity contribution in [2.45, 2.75) is 38.9 Å². The standard InChI is InChI=1S/C23H27N3O3/c1-13(27)15-8-6-7-9-16(15)20-11-10-17-18(23(28)25(3)4)12-19-21(22(17)29-20)24-14(2)26(19)5/h6-9,12-13,20,27H,10-11H2,1-5H3/t13?,20-/m0/s1. The van der Waals surface area contributed by atoms with Crippen molar-refractivity contribution in [3.8, 4) is 5.75 Å². The maximum Gasteiger partial charge on any atom is 0.253 e. The molecule has 1 N–H and O–H groups in total. The summed E-state index contributed by atoms with van der Waals surface area (Å²) in [7, 11) is 5.47. The molecule has 3 aromatic rings. The monoisotopic (exact) mass is 393 g/mol. The third kappa shape index (κ3) is 3.17. The number of nitrogens with zero attached hydrogens (tertiary/aromatic N) is 3. The molecule has 1 aliphatic heterocycles. The van der Waals surface area contributed by atoms with Gasteiger partial charge in [0.25, 0.3) is 5.91 Å². The average Bonchev–Trinajstić information content (AvgIpc) is 3.00. The lowest BCUT2D eigenvalue weighted by atomic mass is 9.90. The van der Waals surface area contributed by atoms with E-state index in [1.54, 1.807) is 25.9 Å². The Kier molecular flexibility index (Phi) is 4.82. The number of hydrogen-bond donors (Lipinski definition) is 1. The van der Waals surface area contributed by atoms with E-state index in [9.17, 15) is 9.90 Å². The molecular weight excluding hydrogens is 366 g/mol. The summed E-state index contributed by atoms with van der Waals surface area (Å²) in [6.07, 6.45) is 0.689. The highest BCUT2D eigenvalue weighted by molar-refractivity contribution is 6.01. The minimum absolute atomic E-state index is 0.0339. The Morgan fingerprint density at radius 3 is 2.76 bits per heavy atom. The lowest BCUT2D eigenvalue weighted by Crippen LogP contribution is -2.25. The molecule has 29 heavy (non-hydrogen) atoms. The molecule has 0 fully saturated rings. The van der Waals surface area contributed by atoms with Gasteiger partial charge < -0.3 is 19.3 Å². The summed E-state index contributed by atoms with van der Waals surface area (Å²) in [4.78, 5) is 19.2. The second-order valence-electron chi connectivity index (χ2n) is 7.97. The zero-order chi connectivity index (χ0) is 20.9. The highest BCUT2D eigenvalue weighted by atomic mass is 16.5. The molecule has 0 radical (unpaired) electrons. The number of carbonyl (C=O) groups is 1. The Morgan fingerprint density at radius 2 is 2.07 bits per heavy atom. The molecule has 0 bridgehead atoms. The van der Waals surface area contributed by atoms with E-state index in [4.69, 9.17) is 9.72 Å². The number of aromatic nitrogens is 2. The zero-order valence-corrected chi connectivity index (χ0v) is 17.6. The summed E-state index contributed by atoms with van der Waals surface area (Å²) in [6.45, 7) is 3.71. The first kappa shape index (κ1) is 19.5. The molecule has 2 aromatic carbocycles. The predicted molar refractivity (Wildman–Crippen MR) is 112 cm³/mol. The van der Waals surface area contributed by atoms with Gasteiger partial charge in [0.05, 0.1) is 11.6 Å². The fourth-order valence-corrected chi connectivity index (χ4v) is 4.14. The summed E-state index contributed by atoms with van der Waals surface area (Å²) in [5.41, 5.74) is 5.11. The molecule has 152 valence electrons. The van der Waals surface area contributed by atoms with E-state index >= 15 is 0 Å². The van der Waals surface area contributed by atoms with Gasteiger partial charge in [-0.3, -0.25) is 4.79 Å². The van der Waals surface area contributed by atoms with E-state index in [0.29, 0.717) is 17.7 Å². The van der Waals surface area contributed by atoms with Gasteiger partial charge in [-0.05, 0) is 43.9 Å². The summed E-state index contributed by atoms with van der Waals surface area (Å²) in [5, 5.41) is 10.2. The smallest absolute Gasteiger partial charge is 0.253 e. The van der Waals surface area contributed by atoms with Crippen LogP contribution in [-0.4, -0.2) is 39.6 Å². The number of aryl methyl sites for hydroxylation is 2. The van der Waals surface area contributed by atoms with Crippen LogP contribution in [0.2, 0.25) is 0 Å². The van der Waals surface area contributed by atoms with Crippen molar-refractivity contribution in [3.63, 3.8) is 0 Å². The number of rotatable bonds is 3. The summed E-state index contributed by atoms with van der Waals surface area (Å²) in [6, 6.07) is 9.77. The third-order valence-electron chi connectivity index (χ3n) is 5.80. The van der Waals surface area contributed by atoms with Gasteiger partial charge in [0.1, 0.15) is 17.4 Å². The molecule has 4 rings (SSSR count). The predicted octanol–water partition coefficient (Wildman–Crippen LogP) is 3.70. The Morgan fingerprint density at radius 1 is 1.34 bits per heavy atom. The van der Waals surface area contributed by atoms with Gasteiger partial charge in [0.2, 0.25) is 0 Å². The molecule has 1 aliphatic rings. The van der Waals surface area contributed by atoms with Crippen LogP contribution in [0.3, 0.4) is 0 Å². The molecule has 0 saturated heterocycles. The van der Waals surface area contributed by atoms with Crippen LogP contribution in [-0.2, 0) is 13.5 Å². The molecule has 2 heterocycles. The van der Waals surface area contributed by atoms with Gasteiger partial charge in [0, 0.05) is 32.3 Å². The van der Waals surface area contributed by atoms with Crippen LogP contribution >= 0.6 is 0 Å². The molecule has 2 atom stereocenters. The lowest BCUT2D eigenvalue weighted by molar-refractivity contribution is 0.0823. The Bertz CT molecular complexity index is 1100. The van der Waals surface area contributed by atoms with Crippen molar-refractivity contribution >= 4 is 16.9 Å². The van der Waals surface area contributed by atoms with E-state index in [-0.39, 0.29) is 12.0 Å². The van der Waals surface area contributed by atoms with Gasteiger partial charge >= 0.3 is 0 Å². The molecule has 1 aromatic heterocycles. The van der Waals surface area contributed by atoms with E-state index in [1.807, 2.05) is 48.9 Å². The van der Waals surface area contributed by atoms with Crippen molar-refractivity contribution in [1.29, 1.82) is 0 Å². The van der Waals surface area contributed by atoms with Gasteiger partial charge in [-0.25, -0.2) is 4.98 Å². The van der Waals surface area contributed by atoms with Gasteiger partial charge in [-0.2, -0.15) is 0 Å². The van der Waals surface area contributed by atoms with Crippen LogP contribution in [0.1, 0.15) is 58.4 Å². The summed E-state index contributed by atoms with van der Waals surface area (Å²) >= 11 is 0. The summed E-state index contributed by atoms with van der Waals surface area (Å²) in [5.74, 6) is 1.52. The number of benzene rings is 2. The molecule has 0 saturated carbocycles. The average molecular weight is 393 g/mol. The number of carbonyl (C=O) groups excluding carboxylic acids is 1. The molecular formula is C23H27N3O3. The molecule has 1 amide bonds. The van der Waals surface area contributed by atoms with Crippen LogP contribution in [0.4, 0.5) is 0 Å². The Hall–Kier alpha value is -2.86. The SMILES string of the molecule is Cc1nc2c3c(c(C(=O)N(C)C)cc2n1C)CC[C@@H](c1ccccc1C(C)O)O3. The van der Waals surface area contributed by atoms with Crippen molar-refractivity contribution in [3.05, 3.63) is 58.4 Å². The maximum absolute atomic E-state index is 12.9. The first-order valence-corrected chi connectivity index (χ1v) is 9.93. The van der Waals surface area contributed by atoms with Crippen LogP contribution < -0.4 is 4.74 Å². The normalized spacial score (nSPS) is 17.0. The largest absolute Gasteiger partial charge is 0.483 e. The van der Waals surface area contributed by atoms with Crippen LogP contribution in [0.15, 0.2) is 30.3 Å². The van der Waals surface area contributed by atoms with Crippen molar-refractivity contribution in [1.82, 2.24) is 14.5 Å². The molecule has 1 unspecified atom stereocenters. The van der Waals surface area contributed by atoms with E-state index in [1.165, 1.54) is 0 Å². The Balaban J connectivity index is 1.89. The maximum atomic E-state index is 12.9. The van der Waals surface area contributed by atoms with E-state index in [2.05, 4.69) is 0 Å². The van der Waals surface area contributed by atoms with Gasteiger partial charge in [-0.1, -0.05) is 24.3 Å². The highest BCUT2D eigenvalue weighted by Crippen LogP contribution is 2.43. The summed E-state index contributed by atoms with van der Waals surface area (Å²) < 4.78 is 8.49. The number of hydrogen-bond acceptors (Lipinski definition) is 4. The molecule has 6 heteroatoms. The second kappa shape index (κ2) is 7.19. The van der Waals surface area contributed by atoms with Crippen molar-refractivity contribution < 1.29 is 14.6 Å². The van der Waals surface area contributed by atoms with Crippen LogP contribution in [0, 0.1) is 6.92 Å². The van der Waals surface area contributed by atoms with Crippen molar-refractivity contribution in [2.75, 3.05) is 14.1 Å². The van der Waals surface area contributed by atoms with E-state index < -0.39 is 6.10 Å². The molecule has 0 aliphatic carbocycles. The molecule has 0 spiro atoms.